The first kappa shape index (κ1) is 13.8. The molecular formula is C13H25N3O2. The zero-order valence-corrected chi connectivity index (χ0v) is 11.4. The van der Waals surface area contributed by atoms with Gasteiger partial charge in [0, 0.05) is 30.6 Å². The molecule has 1 amide bonds. The molecule has 0 radical (unpaired) electrons. The van der Waals surface area contributed by atoms with Crippen molar-refractivity contribution in [2.45, 2.75) is 51.3 Å². The van der Waals surface area contributed by atoms with Gasteiger partial charge in [0.2, 0.25) is 5.91 Å². The van der Waals surface area contributed by atoms with Crippen molar-refractivity contribution in [3.63, 3.8) is 0 Å². The molecule has 0 aromatic heterocycles. The van der Waals surface area contributed by atoms with Crippen molar-refractivity contribution in [2.24, 2.45) is 11.1 Å². The lowest BCUT2D eigenvalue weighted by Gasteiger charge is -2.51. The number of carbonyl (C=O) groups excluding carboxylic acids is 1. The number of rotatable bonds is 4. The minimum Gasteiger partial charge on any atom is -0.392 e. The molecule has 2 aliphatic rings. The van der Waals surface area contributed by atoms with E-state index in [9.17, 15) is 9.90 Å². The van der Waals surface area contributed by atoms with E-state index in [1.165, 1.54) is 0 Å². The normalized spacial score (nSPS) is 33.1. The van der Waals surface area contributed by atoms with E-state index in [-0.39, 0.29) is 17.4 Å². The van der Waals surface area contributed by atoms with Crippen molar-refractivity contribution in [2.75, 3.05) is 19.6 Å². The molecule has 18 heavy (non-hydrogen) atoms. The standard InChI is InChI=1S/C13H25N3O2/c1-13(2)10(7-11(13)17)15-9-3-5-16(6-4-9)8-12(14)18/h9-11,15,17H,3-8H2,1-2H3,(H2,14,18). The predicted octanol–water partition coefficient (Wildman–Crippen LogP) is -0.315. The average Bonchev–Trinajstić information content (AvgIpc) is 2.30. The largest absolute Gasteiger partial charge is 0.392 e. The lowest BCUT2D eigenvalue weighted by atomic mass is 9.64. The van der Waals surface area contributed by atoms with Gasteiger partial charge in [0.05, 0.1) is 12.6 Å². The van der Waals surface area contributed by atoms with Crippen molar-refractivity contribution in [3.8, 4) is 0 Å². The van der Waals surface area contributed by atoms with Crippen LogP contribution in [0, 0.1) is 5.41 Å². The van der Waals surface area contributed by atoms with Crippen molar-refractivity contribution in [3.05, 3.63) is 0 Å². The van der Waals surface area contributed by atoms with Gasteiger partial charge in [-0.25, -0.2) is 0 Å². The van der Waals surface area contributed by atoms with Crippen molar-refractivity contribution in [1.82, 2.24) is 10.2 Å². The molecule has 0 spiro atoms. The van der Waals surface area contributed by atoms with Gasteiger partial charge in [0.15, 0.2) is 0 Å². The van der Waals surface area contributed by atoms with Gasteiger partial charge in [-0.05, 0) is 19.3 Å². The van der Waals surface area contributed by atoms with E-state index < -0.39 is 0 Å². The first-order valence-electron chi connectivity index (χ1n) is 6.84. The molecule has 5 nitrogen and oxygen atoms in total. The van der Waals surface area contributed by atoms with Crippen LogP contribution in [0.15, 0.2) is 0 Å². The number of carbonyl (C=O) groups is 1. The third kappa shape index (κ3) is 2.84. The molecule has 0 bridgehead atoms. The van der Waals surface area contributed by atoms with Gasteiger partial charge in [-0.2, -0.15) is 0 Å². The number of likely N-dealkylation sites (tertiary alicyclic amines) is 1. The van der Waals surface area contributed by atoms with Crippen LogP contribution < -0.4 is 11.1 Å². The van der Waals surface area contributed by atoms with Crippen LogP contribution in [0.5, 0.6) is 0 Å². The summed E-state index contributed by atoms with van der Waals surface area (Å²) in [4.78, 5) is 13.0. The Morgan fingerprint density at radius 1 is 1.44 bits per heavy atom. The van der Waals surface area contributed by atoms with E-state index in [0.29, 0.717) is 18.6 Å². The monoisotopic (exact) mass is 255 g/mol. The number of aliphatic hydroxyl groups excluding tert-OH is 1. The average molecular weight is 255 g/mol. The summed E-state index contributed by atoms with van der Waals surface area (Å²) in [5, 5.41) is 13.4. The number of nitrogens with two attached hydrogens (primary N) is 1. The highest BCUT2D eigenvalue weighted by Crippen LogP contribution is 2.40. The molecule has 2 fully saturated rings. The van der Waals surface area contributed by atoms with Crippen molar-refractivity contribution >= 4 is 5.91 Å². The maximum Gasteiger partial charge on any atom is 0.231 e. The highest BCUT2D eigenvalue weighted by atomic mass is 16.3. The van der Waals surface area contributed by atoms with Crippen LogP contribution in [-0.2, 0) is 4.79 Å². The molecule has 0 aromatic carbocycles. The number of nitrogens with zero attached hydrogens (tertiary/aromatic N) is 1. The van der Waals surface area contributed by atoms with Gasteiger partial charge < -0.3 is 16.2 Å². The Morgan fingerprint density at radius 3 is 2.50 bits per heavy atom. The fraction of sp³-hybridized carbons (Fsp3) is 0.923. The smallest absolute Gasteiger partial charge is 0.231 e. The topological polar surface area (TPSA) is 78.6 Å². The maximum atomic E-state index is 10.8. The summed E-state index contributed by atoms with van der Waals surface area (Å²) < 4.78 is 0. The van der Waals surface area contributed by atoms with Crippen LogP contribution in [0.3, 0.4) is 0 Å². The van der Waals surface area contributed by atoms with Crippen LogP contribution in [0.25, 0.3) is 0 Å². The van der Waals surface area contributed by atoms with E-state index in [0.717, 1.165) is 32.4 Å². The minimum atomic E-state index is -0.246. The summed E-state index contributed by atoms with van der Waals surface area (Å²) >= 11 is 0. The first-order valence-corrected chi connectivity index (χ1v) is 6.84. The summed E-state index contributed by atoms with van der Waals surface area (Å²) in [7, 11) is 0. The summed E-state index contributed by atoms with van der Waals surface area (Å²) in [6.45, 7) is 6.45. The third-order valence-corrected chi connectivity index (χ3v) is 4.62. The molecule has 2 rings (SSSR count). The summed E-state index contributed by atoms with van der Waals surface area (Å²) in [5.74, 6) is -0.246. The summed E-state index contributed by atoms with van der Waals surface area (Å²) in [6.07, 6.45) is 2.78. The van der Waals surface area contributed by atoms with Gasteiger partial charge in [0.25, 0.3) is 0 Å². The SMILES string of the molecule is CC1(C)C(O)CC1NC1CCN(CC(N)=O)CC1. The Hall–Kier alpha value is -0.650. The molecule has 5 heteroatoms. The van der Waals surface area contributed by atoms with E-state index in [2.05, 4.69) is 24.1 Å². The van der Waals surface area contributed by atoms with Gasteiger partial charge in [-0.1, -0.05) is 13.8 Å². The van der Waals surface area contributed by atoms with Crippen molar-refractivity contribution in [1.29, 1.82) is 0 Å². The summed E-state index contributed by atoms with van der Waals surface area (Å²) in [6, 6.07) is 0.922. The molecule has 0 aromatic rings. The maximum absolute atomic E-state index is 10.8. The number of aliphatic hydroxyl groups is 1. The Balaban J connectivity index is 1.73. The number of piperidine rings is 1. The molecule has 1 aliphatic carbocycles. The molecule has 2 atom stereocenters. The highest BCUT2D eigenvalue weighted by molar-refractivity contribution is 5.75. The number of primary amides is 1. The van der Waals surface area contributed by atoms with E-state index in [4.69, 9.17) is 5.73 Å². The minimum absolute atomic E-state index is 0.00956. The molecule has 4 N–H and O–H groups in total. The quantitative estimate of drug-likeness (QED) is 0.643. The molecule has 1 saturated carbocycles. The number of amides is 1. The van der Waals surface area contributed by atoms with Crippen LogP contribution in [0.2, 0.25) is 0 Å². The Kier molecular flexibility index (Phi) is 3.94. The third-order valence-electron chi connectivity index (χ3n) is 4.62. The lowest BCUT2D eigenvalue weighted by Crippen LogP contribution is -2.63. The van der Waals surface area contributed by atoms with E-state index in [1.54, 1.807) is 0 Å². The highest BCUT2D eigenvalue weighted by Gasteiger charge is 2.47. The zero-order valence-electron chi connectivity index (χ0n) is 11.4. The van der Waals surface area contributed by atoms with E-state index >= 15 is 0 Å². The van der Waals surface area contributed by atoms with E-state index in [1.807, 2.05) is 0 Å². The Morgan fingerprint density at radius 2 is 2.06 bits per heavy atom. The second kappa shape index (κ2) is 5.15. The second-order valence-corrected chi connectivity index (χ2v) is 6.31. The number of hydrogen-bond acceptors (Lipinski definition) is 4. The Labute approximate surface area is 109 Å². The molecule has 1 aliphatic heterocycles. The van der Waals surface area contributed by atoms with Gasteiger partial charge in [-0.3, -0.25) is 9.69 Å². The molecule has 2 unspecified atom stereocenters. The van der Waals surface area contributed by atoms with Gasteiger partial charge in [-0.15, -0.1) is 0 Å². The second-order valence-electron chi connectivity index (χ2n) is 6.31. The molecule has 1 saturated heterocycles. The Bertz CT molecular complexity index is 311. The van der Waals surface area contributed by atoms with Crippen molar-refractivity contribution < 1.29 is 9.90 Å². The number of nitrogens with one attached hydrogen (secondary N) is 1. The number of hydrogen-bond donors (Lipinski definition) is 3. The lowest BCUT2D eigenvalue weighted by molar-refractivity contribution is -0.119. The first-order chi connectivity index (χ1) is 8.39. The molecule has 1 heterocycles. The zero-order chi connectivity index (χ0) is 13.3. The van der Waals surface area contributed by atoms with Crippen LogP contribution in [0.1, 0.15) is 33.1 Å². The van der Waals surface area contributed by atoms with Gasteiger partial charge in [0.1, 0.15) is 0 Å². The molecular weight excluding hydrogens is 230 g/mol. The predicted molar refractivity (Wildman–Crippen MR) is 70.0 cm³/mol. The van der Waals surface area contributed by atoms with Crippen LogP contribution in [-0.4, -0.2) is 53.7 Å². The summed E-state index contributed by atoms with van der Waals surface area (Å²) in [5.41, 5.74) is 5.19. The van der Waals surface area contributed by atoms with Crippen LogP contribution in [0.4, 0.5) is 0 Å². The molecule has 104 valence electrons. The van der Waals surface area contributed by atoms with Crippen LogP contribution >= 0.6 is 0 Å². The fourth-order valence-corrected chi connectivity index (χ4v) is 2.95. The fourth-order valence-electron chi connectivity index (χ4n) is 2.95. The van der Waals surface area contributed by atoms with Gasteiger partial charge >= 0.3 is 0 Å².